The Bertz CT molecular complexity index is 729. The van der Waals surface area contributed by atoms with Crippen LogP contribution < -0.4 is 5.32 Å². The molecule has 2 heterocycles. The summed E-state index contributed by atoms with van der Waals surface area (Å²) >= 11 is 0. The van der Waals surface area contributed by atoms with Crippen LogP contribution in [-0.4, -0.2) is 36.1 Å². The van der Waals surface area contributed by atoms with E-state index in [0.29, 0.717) is 0 Å². The zero-order valence-corrected chi connectivity index (χ0v) is 14.5. The van der Waals surface area contributed by atoms with E-state index in [0.717, 1.165) is 31.7 Å². The van der Waals surface area contributed by atoms with E-state index in [1.807, 2.05) is 30.3 Å². The molecule has 2 aromatic rings. The van der Waals surface area contributed by atoms with Crippen LogP contribution in [0.3, 0.4) is 0 Å². The van der Waals surface area contributed by atoms with Gasteiger partial charge in [0.05, 0.1) is 18.1 Å². The van der Waals surface area contributed by atoms with Crippen molar-refractivity contribution in [3.05, 3.63) is 65.7 Å². The molecule has 4 rings (SSSR count). The molecule has 1 N–H and O–H groups in total. The molecule has 0 spiro atoms. The Kier molecular flexibility index (Phi) is 4.55. The summed E-state index contributed by atoms with van der Waals surface area (Å²) in [7, 11) is 0. The topological polar surface area (TPSA) is 41.6 Å². The maximum Gasteiger partial charge on any atom is 0.230 e. The third-order valence-electron chi connectivity index (χ3n) is 5.14. The summed E-state index contributed by atoms with van der Waals surface area (Å²) < 4.78 is 6.05. The first-order valence-corrected chi connectivity index (χ1v) is 8.96. The summed E-state index contributed by atoms with van der Waals surface area (Å²) in [5, 5.41) is 3.03. The first-order valence-electron chi connectivity index (χ1n) is 8.96. The molecule has 0 unspecified atom stereocenters. The summed E-state index contributed by atoms with van der Waals surface area (Å²) in [6, 6.07) is 18.3. The van der Waals surface area contributed by atoms with Gasteiger partial charge in [0.1, 0.15) is 0 Å². The zero-order chi connectivity index (χ0) is 17.2. The number of carbonyl (C=O) groups is 1. The van der Waals surface area contributed by atoms with Crippen molar-refractivity contribution >= 4 is 11.6 Å². The second kappa shape index (κ2) is 6.98. The Morgan fingerprint density at radius 3 is 2.64 bits per heavy atom. The van der Waals surface area contributed by atoms with Crippen LogP contribution in [0.5, 0.6) is 0 Å². The van der Waals surface area contributed by atoms with Gasteiger partial charge in [-0.2, -0.15) is 0 Å². The number of aryl methyl sites for hydroxylation is 1. The van der Waals surface area contributed by atoms with E-state index >= 15 is 0 Å². The minimum atomic E-state index is -0.0618. The number of amides is 1. The fraction of sp³-hybridized carbons (Fsp3) is 0.381. The van der Waals surface area contributed by atoms with Crippen molar-refractivity contribution in [3.63, 3.8) is 0 Å². The number of carbonyl (C=O) groups excluding carboxylic acids is 1. The monoisotopic (exact) mass is 336 g/mol. The summed E-state index contributed by atoms with van der Waals surface area (Å²) in [5.74, 6) is 0.0177. The molecular weight excluding hydrogens is 312 g/mol. The largest absolute Gasteiger partial charge is 0.371 e. The second-order valence-corrected chi connectivity index (χ2v) is 7.17. The van der Waals surface area contributed by atoms with Crippen molar-refractivity contribution in [2.24, 2.45) is 5.92 Å². The number of fused-ring (bicyclic) bond motifs is 2. The second-order valence-electron chi connectivity index (χ2n) is 7.17. The lowest BCUT2D eigenvalue weighted by Crippen LogP contribution is -2.44. The van der Waals surface area contributed by atoms with Crippen LogP contribution in [0, 0.1) is 12.8 Å². The lowest BCUT2D eigenvalue weighted by atomic mass is 9.99. The van der Waals surface area contributed by atoms with Crippen LogP contribution in [-0.2, 0) is 16.1 Å². The molecule has 0 radical (unpaired) electrons. The summed E-state index contributed by atoms with van der Waals surface area (Å²) in [5.41, 5.74) is 3.45. The van der Waals surface area contributed by atoms with Crippen LogP contribution >= 0.6 is 0 Å². The van der Waals surface area contributed by atoms with Crippen molar-refractivity contribution in [1.29, 1.82) is 0 Å². The van der Waals surface area contributed by atoms with Gasteiger partial charge in [-0.1, -0.05) is 48.0 Å². The highest BCUT2D eigenvalue weighted by Crippen LogP contribution is 2.33. The highest BCUT2D eigenvalue weighted by atomic mass is 16.5. The predicted molar refractivity (Wildman–Crippen MR) is 98.3 cm³/mol. The molecule has 25 heavy (non-hydrogen) atoms. The van der Waals surface area contributed by atoms with Crippen LogP contribution in [0.25, 0.3) is 0 Å². The number of anilines is 1. The van der Waals surface area contributed by atoms with Gasteiger partial charge in [-0.25, -0.2) is 0 Å². The number of rotatable bonds is 4. The van der Waals surface area contributed by atoms with E-state index in [2.05, 4.69) is 41.4 Å². The van der Waals surface area contributed by atoms with Gasteiger partial charge in [-0.05, 0) is 31.0 Å². The molecule has 1 amide bonds. The van der Waals surface area contributed by atoms with E-state index in [4.69, 9.17) is 4.74 Å². The Morgan fingerprint density at radius 1 is 1.12 bits per heavy atom. The average Bonchev–Trinajstić information content (AvgIpc) is 2.92. The number of morpholine rings is 1. The van der Waals surface area contributed by atoms with Gasteiger partial charge >= 0.3 is 0 Å². The molecule has 3 atom stereocenters. The lowest BCUT2D eigenvalue weighted by molar-refractivity contribution is -0.123. The van der Waals surface area contributed by atoms with Crippen LogP contribution in [0.2, 0.25) is 0 Å². The Morgan fingerprint density at radius 2 is 1.88 bits per heavy atom. The van der Waals surface area contributed by atoms with Crippen molar-refractivity contribution in [1.82, 2.24) is 4.90 Å². The van der Waals surface area contributed by atoms with E-state index in [1.165, 1.54) is 11.1 Å². The third kappa shape index (κ3) is 3.75. The van der Waals surface area contributed by atoms with E-state index in [1.54, 1.807) is 0 Å². The highest BCUT2D eigenvalue weighted by Gasteiger charge is 2.44. The molecule has 2 aromatic carbocycles. The van der Waals surface area contributed by atoms with E-state index < -0.39 is 0 Å². The van der Waals surface area contributed by atoms with Gasteiger partial charge in [0.2, 0.25) is 5.91 Å². The molecule has 2 aliphatic rings. The molecule has 130 valence electrons. The third-order valence-corrected chi connectivity index (χ3v) is 5.14. The number of likely N-dealkylation sites (tertiary alicyclic amines) is 1. The standard InChI is InChI=1S/C21H24N2O2/c1-15-7-9-16(10-8-15)12-23-13-18-11-19(20(14-23)25-18)21(24)22-17-5-3-2-4-6-17/h2-10,18-20H,11-14H2,1H3,(H,22,24)/t18-,19-,20+/m0/s1. The Labute approximate surface area is 148 Å². The minimum Gasteiger partial charge on any atom is -0.371 e. The molecular formula is C21H24N2O2. The van der Waals surface area contributed by atoms with Gasteiger partial charge in [-0.15, -0.1) is 0 Å². The number of para-hydroxylation sites is 1. The number of nitrogens with zero attached hydrogens (tertiary/aromatic N) is 1. The van der Waals surface area contributed by atoms with E-state index in [9.17, 15) is 4.79 Å². The smallest absolute Gasteiger partial charge is 0.230 e. The average molecular weight is 336 g/mol. The van der Waals surface area contributed by atoms with Crippen molar-refractivity contribution < 1.29 is 9.53 Å². The van der Waals surface area contributed by atoms with Crippen LogP contribution in [0.1, 0.15) is 17.5 Å². The van der Waals surface area contributed by atoms with Crippen molar-refractivity contribution in [2.75, 3.05) is 18.4 Å². The molecule has 4 nitrogen and oxygen atoms in total. The Hall–Kier alpha value is -2.17. The minimum absolute atomic E-state index is 0.00656. The maximum absolute atomic E-state index is 12.7. The molecule has 2 aliphatic heterocycles. The fourth-order valence-corrected chi connectivity index (χ4v) is 3.85. The van der Waals surface area contributed by atoms with Gasteiger partial charge in [0.25, 0.3) is 0 Å². The van der Waals surface area contributed by atoms with Crippen LogP contribution in [0.15, 0.2) is 54.6 Å². The summed E-state index contributed by atoms with van der Waals surface area (Å²) in [6.45, 7) is 4.75. The van der Waals surface area contributed by atoms with Gasteiger partial charge < -0.3 is 10.1 Å². The number of benzene rings is 2. The fourth-order valence-electron chi connectivity index (χ4n) is 3.85. The number of nitrogens with one attached hydrogen (secondary N) is 1. The SMILES string of the molecule is Cc1ccc(CN2C[C@@H]3C[C@H](C(=O)Nc4ccccc4)[C@@H](C2)O3)cc1. The van der Waals surface area contributed by atoms with Crippen molar-refractivity contribution in [3.8, 4) is 0 Å². The molecule has 4 heteroatoms. The Balaban J connectivity index is 1.38. The summed E-state index contributed by atoms with van der Waals surface area (Å²) in [6.07, 6.45) is 0.969. The number of hydrogen-bond acceptors (Lipinski definition) is 3. The molecule has 2 fully saturated rings. The van der Waals surface area contributed by atoms with Gasteiger partial charge in [-0.3, -0.25) is 9.69 Å². The number of ether oxygens (including phenoxy) is 1. The van der Waals surface area contributed by atoms with Gasteiger partial charge in [0.15, 0.2) is 0 Å². The van der Waals surface area contributed by atoms with Gasteiger partial charge in [0, 0.05) is 25.3 Å². The normalized spacial score (nSPS) is 25.7. The molecule has 2 bridgehead atoms. The molecule has 0 aromatic heterocycles. The first kappa shape index (κ1) is 16.3. The number of hydrogen-bond donors (Lipinski definition) is 1. The quantitative estimate of drug-likeness (QED) is 0.932. The maximum atomic E-state index is 12.7. The van der Waals surface area contributed by atoms with Crippen molar-refractivity contribution in [2.45, 2.75) is 32.1 Å². The predicted octanol–water partition coefficient (Wildman–Crippen LogP) is 3.22. The highest BCUT2D eigenvalue weighted by molar-refractivity contribution is 5.93. The van der Waals surface area contributed by atoms with E-state index in [-0.39, 0.29) is 24.0 Å². The molecule has 0 saturated carbocycles. The lowest BCUT2D eigenvalue weighted by Gasteiger charge is -2.32. The zero-order valence-electron chi connectivity index (χ0n) is 14.5. The summed E-state index contributed by atoms with van der Waals surface area (Å²) in [4.78, 5) is 15.1. The first-order chi connectivity index (χ1) is 12.2. The van der Waals surface area contributed by atoms with Crippen LogP contribution in [0.4, 0.5) is 5.69 Å². The molecule has 0 aliphatic carbocycles. The molecule has 2 saturated heterocycles.